The van der Waals surface area contributed by atoms with E-state index in [2.05, 4.69) is 0 Å². The molecule has 4 heteroatoms. The van der Waals surface area contributed by atoms with Gasteiger partial charge in [0.2, 0.25) is 0 Å². The number of hydrogen-bond acceptors (Lipinski definition) is 3. The molecule has 0 unspecified atom stereocenters. The topological polar surface area (TPSA) is 20.2 Å². The fraction of sp³-hybridized carbons (Fsp3) is 0.111. The van der Waals surface area contributed by atoms with E-state index in [9.17, 15) is 5.11 Å². The fourth-order valence-electron chi connectivity index (χ4n) is 1.23. The summed E-state index contributed by atoms with van der Waals surface area (Å²) in [5, 5.41) is 10.5. The molecular weight excluding hydrogens is 224 g/mol. The Hall–Kier alpha value is -0.380. The van der Waals surface area contributed by atoms with Crippen LogP contribution in [0.3, 0.4) is 0 Å². The van der Waals surface area contributed by atoms with Crippen LogP contribution in [-0.4, -0.2) is 11.4 Å². The summed E-state index contributed by atoms with van der Waals surface area (Å²) in [6, 6.07) is 5.44. The highest BCUT2D eigenvalue weighted by Crippen LogP contribution is 2.37. The quantitative estimate of drug-likeness (QED) is 0.748. The summed E-state index contributed by atoms with van der Waals surface area (Å²) in [5.41, 5.74) is 0. The predicted octanol–water partition coefficient (Wildman–Crippen LogP) is 3.98. The van der Waals surface area contributed by atoms with Crippen LogP contribution in [0.2, 0.25) is 4.34 Å². The van der Waals surface area contributed by atoms with Gasteiger partial charge in [0.15, 0.2) is 0 Å². The Morgan fingerprint density at radius 1 is 1.38 bits per heavy atom. The van der Waals surface area contributed by atoms with Gasteiger partial charge in [-0.25, -0.2) is 0 Å². The van der Waals surface area contributed by atoms with Crippen molar-refractivity contribution in [2.75, 3.05) is 6.26 Å². The zero-order chi connectivity index (χ0) is 9.42. The molecule has 68 valence electrons. The zero-order valence-electron chi connectivity index (χ0n) is 6.87. The largest absolute Gasteiger partial charge is 0.508 e. The highest BCUT2D eigenvalue weighted by atomic mass is 35.5. The smallest absolute Gasteiger partial charge is 0.118 e. The van der Waals surface area contributed by atoms with Crippen molar-refractivity contribution in [3.05, 3.63) is 22.5 Å². The van der Waals surface area contributed by atoms with Crippen LogP contribution in [0.25, 0.3) is 10.1 Å². The van der Waals surface area contributed by atoms with Crippen LogP contribution in [0.1, 0.15) is 0 Å². The van der Waals surface area contributed by atoms with Crippen LogP contribution in [0.4, 0.5) is 0 Å². The van der Waals surface area contributed by atoms with Crippen molar-refractivity contribution >= 4 is 44.8 Å². The molecule has 0 aliphatic rings. The molecule has 0 bridgehead atoms. The number of thioether (sulfide) groups is 1. The predicted molar refractivity (Wildman–Crippen MR) is 60.3 cm³/mol. The Balaban J connectivity index is 2.80. The molecule has 0 spiro atoms. The maximum atomic E-state index is 9.40. The summed E-state index contributed by atoms with van der Waals surface area (Å²) in [5.74, 6) is 0.301. The molecule has 1 N–H and O–H groups in total. The SMILES string of the molecule is CSc1cc(O)cc2sc(Cl)cc12. The second kappa shape index (κ2) is 3.40. The van der Waals surface area contributed by atoms with E-state index in [1.165, 1.54) is 11.3 Å². The summed E-state index contributed by atoms with van der Waals surface area (Å²) < 4.78 is 1.80. The van der Waals surface area contributed by atoms with Crippen LogP contribution in [-0.2, 0) is 0 Å². The lowest BCUT2D eigenvalue weighted by Crippen LogP contribution is -1.71. The lowest BCUT2D eigenvalue weighted by Gasteiger charge is -1.99. The number of benzene rings is 1. The Morgan fingerprint density at radius 3 is 2.85 bits per heavy atom. The van der Waals surface area contributed by atoms with E-state index < -0.39 is 0 Å². The average Bonchev–Trinajstić information content (AvgIpc) is 2.43. The lowest BCUT2D eigenvalue weighted by atomic mass is 10.2. The summed E-state index contributed by atoms with van der Waals surface area (Å²) in [6.07, 6.45) is 1.99. The van der Waals surface area contributed by atoms with E-state index in [0.29, 0.717) is 5.75 Å². The summed E-state index contributed by atoms with van der Waals surface area (Å²) in [4.78, 5) is 1.07. The number of halogens is 1. The van der Waals surface area contributed by atoms with Gasteiger partial charge in [0.05, 0.1) is 4.34 Å². The van der Waals surface area contributed by atoms with Gasteiger partial charge >= 0.3 is 0 Å². The van der Waals surface area contributed by atoms with E-state index in [1.807, 2.05) is 12.3 Å². The van der Waals surface area contributed by atoms with Gasteiger partial charge in [-0.2, -0.15) is 0 Å². The second-order valence-corrected chi connectivity index (χ2v) is 5.17. The molecule has 1 aromatic carbocycles. The van der Waals surface area contributed by atoms with Gasteiger partial charge in [0, 0.05) is 15.0 Å². The van der Waals surface area contributed by atoms with Crippen molar-refractivity contribution in [1.29, 1.82) is 0 Å². The van der Waals surface area contributed by atoms with Crippen molar-refractivity contribution in [3.63, 3.8) is 0 Å². The Kier molecular flexibility index (Phi) is 2.41. The van der Waals surface area contributed by atoms with Gasteiger partial charge in [0.1, 0.15) is 5.75 Å². The Labute approximate surface area is 89.3 Å². The first-order valence-electron chi connectivity index (χ1n) is 3.67. The third kappa shape index (κ3) is 1.64. The lowest BCUT2D eigenvalue weighted by molar-refractivity contribution is 0.475. The molecule has 0 radical (unpaired) electrons. The molecule has 2 aromatic rings. The van der Waals surface area contributed by atoms with Crippen molar-refractivity contribution in [2.24, 2.45) is 0 Å². The van der Waals surface area contributed by atoms with Crippen molar-refractivity contribution in [1.82, 2.24) is 0 Å². The summed E-state index contributed by atoms with van der Waals surface area (Å²) in [7, 11) is 0. The molecule has 0 saturated carbocycles. The van der Waals surface area contributed by atoms with E-state index in [0.717, 1.165) is 19.3 Å². The number of hydrogen-bond donors (Lipinski definition) is 1. The van der Waals surface area contributed by atoms with Gasteiger partial charge in [-0.3, -0.25) is 0 Å². The van der Waals surface area contributed by atoms with E-state index in [4.69, 9.17) is 11.6 Å². The molecule has 2 rings (SSSR count). The monoisotopic (exact) mass is 230 g/mol. The van der Waals surface area contributed by atoms with Crippen LogP contribution < -0.4 is 0 Å². The molecule has 0 aliphatic heterocycles. The minimum atomic E-state index is 0.301. The average molecular weight is 231 g/mol. The van der Waals surface area contributed by atoms with Crippen LogP contribution in [0.15, 0.2) is 23.1 Å². The molecule has 0 fully saturated rings. The third-order valence-electron chi connectivity index (χ3n) is 1.77. The highest BCUT2D eigenvalue weighted by molar-refractivity contribution is 7.98. The first-order chi connectivity index (χ1) is 6.20. The molecule has 0 atom stereocenters. The second-order valence-electron chi connectivity index (χ2n) is 2.61. The molecule has 1 nitrogen and oxygen atoms in total. The van der Waals surface area contributed by atoms with Crippen molar-refractivity contribution < 1.29 is 5.11 Å². The van der Waals surface area contributed by atoms with Gasteiger partial charge in [-0.15, -0.1) is 23.1 Å². The first-order valence-corrected chi connectivity index (χ1v) is 6.08. The summed E-state index contributed by atoms with van der Waals surface area (Å²) in [6.45, 7) is 0. The standard InChI is InChI=1S/C9H7ClOS2/c1-12-7-2-5(11)3-8-6(7)4-9(10)13-8/h2-4,11H,1H3. The molecule has 0 aliphatic carbocycles. The molecule has 0 amide bonds. The maximum Gasteiger partial charge on any atom is 0.118 e. The van der Waals surface area contributed by atoms with Crippen LogP contribution in [0.5, 0.6) is 5.75 Å². The zero-order valence-corrected chi connectivity index (χ0v) is 9.26. The molecule has 1 aromatic heterocycles. The third-order valence-corrected chi connectivity index (χ3v) is 3.76. The molecular formula is C9H7ClOS2. The van der Waals surface area contributed by atoms with E-state index in [1.54, 1.807) is 23.9 Å². The number of rotatable bonds is 1. The van der Waals surface area contributed by atoms with E-state index >= 15 is 0 Å². The normalized spacial score (nSPS) is 10.9. The highest BCUT2D eigenvalue weighted by Gasteiger charge is 2.06. The molecule has 1 heterocycles. The van der Waals surface area contributed by atoms with Gasteiger partial charge in [-0.05, 0) is 24.5 Å². The van der Waals surface area contributed by atoms with Crippen molar-refractivity contribution in [3.8, 4) is 5.75 Å². The van der Waals surface area contributed by atoms with Gasteiger partial charge in [0.25, 0.3) is 0 Å². The number of phenolic OH excluding ortho intramolecular Hbond substituents is 1. The van der Waals surface area contributed by atoms with Crippen molar-refractivity contribution in [2.45, 2.75) is 4.90 Å². The maximum absolute atomic E-state index is 9.40. The minimum absolute atomic E-state index is 0.301. The van der Waals surface area contributed by atoms with Crippen LogP contribution in [0, 0.1) is 0 Å². The number of aromatic hydroxyl groups is 1. The first kappa shape index (κ1) is 9.19. The minimum Gasteiger partial charge on any atom is -0.508 e. The van der Waals surface area contributed by atoms with Gasteiger partial charge < -0.3 is 5.11 Å². The number of thiophene rings is 1. The Morgan fingerprint density at radius 2 is 2.15 bits per heavy atom. The van der Waals surface area contributed by atoms with E-state index in [-0.39, 0.29) is 0 Å². The van der Waals surface area contributed by atoms with Gasteiger partial charge in [-0.1, -0.05) is 11.6 Å². The Bertz CT molecular complexity index is 450. The number of phenols is 1. The molecule has 0 saturated heterocycles. The molecule has 13 heavy (non-hydrogen) atoms. The summed E-state index contributed by atoms with van der Waals surface area (Å²) >= 11 is 8.99. The fourth-order valence-corrected chi connectivity index (χ4v) is 3.13. The van der Waals surface area contributed by atoms with Crippen LogP contribution >= 0.6 is 34.7 Å². The number of fused-ring (bicyclic) bond motifs is 1.